The fourth-order valence-corrected chi connectivity index (χ4v) is 2.52. The van der Waals surface area contributed by atoms with Crippen molar-refractivity contribution in [2.75, 3.05) is 13.1 Å². The third kappa shape index (κ3) is 2.59. The molecule has 1 saturated heterocycles. The predicted octanol–water partition coefficient (Wildman–Crippen LogP) is 2.01. The van der Waals surface area contributed by atoms with Gasteiger partial charge < -0.3 is 5.32 Å². The van der Waals surface area contributed by atoms with Crippen molar-refractivity contribution in [2.24, 2.45) is 5.92 Å². The molecule has 0 radical (unpaired) electrons. The number of pyridine rings is 1. The summed E-state index contributed by atoms with van der Waals surface area (Å²) in [5.41, 5.74) is 3.27. The van der Waals surface area contributed by atoms with Gasteiger partial charge in [-0.25, -0.2) is 0 Å². The smallest absolute Gasteiger partial charge is 0.0880 e. The van der Waals surface area contributed by atoms with Crippen molar-refractivity contribution in [3.63, 3.8) is 0 Å². The highest BCUT2D eigenvalue weighted by atomic mass is 15.1. The summed E-state index contributed by atoms with van der Waals surface area (Å²) in [6.07, 6.45) is 7.46. The molecule has 0 unspecified atom stereocenters. The zero-order valence-electron chi connectivity index (χ0n) is 10.4. The van der Waals surface area contributed by atoms with E-state index >= 15 is 0 Å². The molecule has 0 aromatic carbocycles. The monoisotopic (exact) mass is 242 g/mol. The first kappa shape index (κ1) is 11.4. The molecule has 0 atom stereocenters. The van der Waals surface area contributed by atoms with Crippen molar-refractivity contribution in [1.29, 1.82) is 0 Å². The van der Waals surface area contributed by atoms with Crippen LogP contribution in [0.5, 0.6) is 0 Å². The first-order valence-corrected chi connectivity index (χ1v) is 6.57. The SMILES string of the molecule is c1cc(-c2ccc(CC3CCNCC3)cn2)[nH]n1. The topological polar surface area (TPSA) is 53.6 Å². The van der Waals surface area contributed by atoms with Crippen LogP contribution in [0, 0.1) is 5.92 Å². The van der Waals surface area contributed by atoms with E-state index in [0.29, 0.717) is 0 Å². The van der Waals surface area contributed by atoms with E-state index in [0.717, 1.165) is 36.8 Å². The largest absolute Gasteiger partial charge is 0.317 e. The van der Waals surface area contributed by atoms with Gasteiger partial charge in [-0.05, 0) is 56.0 Å². The fraction of sp³-hybridized carbons (Fsp3) is 0.429. The summed E-state index contributed by atoms with van der Waals surface area (Å²) in [7, 11) is 0. The van der Waals surface area contributed by atoms with Crippen molar-refractivity contribution < 1.29 is 0 Å². The number of nitrogens with one attached hydrogen (secondary N) is 2. The Labute approximate surface area is 107 Å². The predicted molar refractivity (Wildman–Crippen MR) is 71.1 cm³/mol. The van der Waals surface area contributed by atoms with Crippen LogP contribution in [0.4, 0.5) is 0 Å². The van der Waals surface area contributed by atoms with E-state index in [2.05, 4.69) is 32.6 Å². The quantitative estimate of drug-likeness (QED) is 0.865. The van der Waals surface area contributed by atoms with Gasteiger partial charge in [0.2, 0.25) is 0 Å². The van der Waals surface area contributed by atoms with Gasteiger partial charge in [0.15, 0.2) is 0 Å². The van der Waals surface area contributed by atoms with Crippen molar-refractivity contribution in [3.05, 3.63) is 36.2 Å². The van der Waals surface area contributed by atoms with Crippen LogP contribution in [0.1, 0.15) is 18.4 Å². The van der Waals surface area contributed by atoms with E-state index in [9.17, 15) is 0 Å². The maximum absolute atomic E-state index is 4.50. The number of hydrogen-bond acceptors (Lipinski definition) is 3. The molecule has 1 aliphatic rings. The standard InChI is InChI=1S/C14H18N4/c1-2-13(14-5-8-17-18-14)16-10-12(1)9-11-3-6-15-7-4-11/h1-2,5,8,10-11,15H,3-4,6-7,9H2,(H,17,18). The first-order valence-electron chi connectivity index (χ1n) is 6.57. The molecule has 2 aromatic rings. The highest BCUT2D eigenvalue weighted by Crippen LogP contribution is 2.19. The van der Waals surface area contributed by atoms with E-state index in [-0.39, 0.29) is 0 Å². The third-order valence-corrected chi connectivity index (χ3v) is 3.58. The number of hydrogen-bond donors (Lipinski definition) is 2. The number of H-pyrrole nitrogens is 1. The van der Waals surface area contributed by atoms with Gasteiger partial charge in [-0.15, -0.1) is 0 Å². The number of nitrogens with zero attached hydrogens (tertiary/aromatic N) is 2. The molecule has 0 aliphatic carbocycles. The Balaban J connectivity index is 1.67. The zero-order valence-corrected chi connectivity index (χ0v) is 10.4. The van der Waals surface area contributed by atoms with Gasteiger partial charge in [0.05, 0.1) is 11.4 Å². The van der Waals surface area contributed by atoms with Crippen LogP contribution in [0.25, 0.3) is 11.4 Å². The van der Waals surface area contributed by atoms with Crippen LogP contribution in [0.3, 0.4) is 0 Å². The Kier molecular flexibility index (Phi) is 3.37. The highest BCUT2D eigenvalue weighted by Gasteiger charge is 2.13. The molecule has 0 bridgehead atoms. The Morgan fingerprint density at radius 1 is 1.17 bits per heavy atom. The van der Waals surface area contributed by atoms with Gasteiger partial charge in [0, 0.05) is 12.4 Å². The van der Waals surface area contributed by atoms with Gasteiger partial charge in [-0.3, -0.25) is 10.1 Å². The van der Waals surface area contributed by atoms with Gasteiger partial charge in [-0.2, -0.15) is 5.10 Å². The molecule has 4 heteroatoms. The lowest BCUT2D eigenvalue weighted by Gasteiger charge is -2.22. The Morgan fingerprint density at radius 3 is 2.72 bits per heavy atom. The maximum atomic E-state index is 4.50. The third-order valence-electron chi connectivity index (χ3n) is 3.58. The molecule has 0 spiro atoms. The molecule has 18 heavy (non-hydrogen) atoms. The molecule has 4 nitrogen and oxygen atoms in total. The second kappa shape index (κ2) is 5.31. The van der Waals surface area contributed by atoms with E-state index in [1.54, 1.807) is 6.20 Å². The Bertz CT molecular complexity index is 469. The minimum absolute atomic E-state index is 0.811. The number of aromatic amines is 1. The molecule has 3 rings (SSSR count). The minimum Gasteiger partial charge on any atom is -0.317 e. The van der Waals surface area contributed by atoms with Gasteiger partial charge in [0.1, 0.15) is 0 Å². The summed E-state index contributed by atoms with van der Waals surface area (Å²) in [4.78, 5) is 4.50. The average Bonchev–Trinajstić information content (AvgIpc) is 2.95. The zero-order chi connectivity index (χ0) is 12.2. The maximum Gasteiger partial charge on any atom is 0.0880 e. The van der Waals surface area contributed by atoms with Crippen LogP contribution in [-0.4, -0.2) is 28.3 Å². The fourth-order valence-electron chi connectivity index (χ4n) is 2.52. The average molecular weight is 242 g/mol. The van der Waals surface area contributed by atoms with Crippen molar-refractivity contribution >= 4 is 0 Å². The van der Waals surface area contributed by atoms with E-state index in [1.165, 1.54) is 18.4 Å². The van der Waals surface area contributed by atoms with Crippen LogP contribution < -0.4 is 5.32 Å². The van der Waals surface area contributed by atoms with Crippen LogP contribution in [0.2, 0.25) is 0 Å². The van der Waals surface area contributed by atoms with Crippen molar-refractivity contribution in [2.45, 2.75) is 19.3 Å². The van der Waals surface area contributed by atoms with Crippen molar-refractivity contribution in [1.82, 2.24) is 20.5 Å². The van der Waals surface area contributed by atoms with Gasteiger partial charge >= 0.3 is 0 Å². The number of piperidine rings is 1. The second-order valence-electron chi connectivity index (χ2n) is 4.92. The van der Waals surface area contributed by atoms with Crippen molar-refractivity contribution in [3.8, 4) is 11.4 Å². The molecule has 1 aliphatic heterocycles. The summed E-state index contributed by atoms with van der Waals surface area (Å²) in [5, 5.41) is 10.3. The Hall–Kier alpha value is -1.68. The summed E-state index contributed by atoms with van der Waals surface area (Å²) < 4.78 is 0. The highest BCUT2D eigenvalue weighted by molar-refractivity contribution is 5.52. The minimum atomic E-state index is 0.811. The molecule has 2 aromatic heterocycles. The van der Waals surface area contributed by atoms with Crippen LogP contribution in [-0.2, 0) is 6.42 Å². The first-order chi connectivity index (χ1) is 8.92. The molecule has 94 valence electrons. The molecular formula is C14H18N4. The van der Waals surface area contributed by atoms with E-state index in [1.807, 2.05) is 12.3 Å². The van der Waals surface area contributed by atoms with E-state index in [4.69, 9.17) is 0 Å². The molecule has 0 saturated carbocycles. The summed E-state index contributed by atoms with van der Waals surface area (Å²) in [5.74, 6) is 0.811. The second-order valence-corrected chi connectivity index (χ2v) is 4.92. The lowest BCUT2D eigenvalue weighted by molar-refractivity contribution is 0.372. The van der Waals surface area contributed by atoms with Crippen LogP contribution in [0.15, 0.2) is 30.6 Å². The molecule has 3 heterocycles. The normalized spacial score (nSPS) is 16.9. The lowest BCUT2D eigenvalue weighted by atomic mass is 9.91. The van der Waals surface area contributed by atoms with Crippen LogP contribution >= 0.6 is 0 Å². The molecular weight excluding hydrogens is 224 g/mol. The molecule has 1 fully saturated rings. The van der Waals surface area contributed by atoms with Gasteiger partial charge in [0.25, 0.3) is 0 Å². The summed E-state index contributed by atoms with van der Waals surface area (Å²) >= 11 is 0. The van der Waals surface area contributed by atoms with Gasteiger partial charge in [-0.1, -0.05) is 6.07 Å². The summed E-state index contributed by atoms with van der Waals surface area (Å²) in [6, 6.07) is 6.20. The molecule has 2 N–H and O–H groups in total. The number of aromatic nitrogens is 3. The van der Waals surface area contributed by atoms with E-state index < -0.39 is 0 Å². The summed E-state index contributed by atoms with van der Waals surface area (Å²) in [6.45, 7) is 2.31. The Morgan fingerprint density at radius 2 is 2.06 bits per heavy atom. The lowest BCUT2D eigenvalue weighted by Crippen LogP contribution is -2.28. The number of rotatable bonds is 3. The molecule has 0 amide bonds.